The molecule has 0 bridgehead atoms. The first-order valence-electron chi connectivity index (χ1n) is 14.7. The number of nitrogens with zero attached hydrogens (tertiary/aromatic N) is 7. The lowest BCUT2D eigenvalue weighted by Crippen LogP contribution is -2.48. The molecule has 0 saturated carbocycles. The van der Waals surface area contributed by atoms with E-state index in [9.17, 15) is 18.5 Å². The normalized spacial score (nSPS) is 13.2. The largest absolute Gasteiger partial charge is 0.368 e. The van der Waals surface area contributed by atoms with E-state index in [1.165, 1.54) is 39.9 Å². The van der Waals surface area contributed by atoms with E-state index in [0.29, 0.717) is 64.4 Å². The fraction of sp³-hybridized carbons (Fsp3) is 0.176. The van der Waals surface area contributed by atoms with Crippen LogP contribution in [0.25, 0.3) is 0 Å². The Kier molecular flexibility index (Phi) is 9.27. The number of nitriles is 2. The van der Waals surface area contributed by atoms with Crippen molar-refractivity contribution in [1.82, 2.24) is 14.5 Å². The van der Waals surface area contributed by atoms with Crippen LogP contribution in [0.3, 0.4) is 0 Å². The Balaban J connectivity index is 1.24. The maximum atomic E-state index is 14.1. The molecule has 236 valence electrons. The van der Waals surface area contributed by atoms with Crippen LogP contribution in [0.4, 0.5) is 11.4 Å². The Morgan fingerprint density at radius 2 is 1.51 bits per heavy atom. The van der Waals surface area contributed by atoms with E-state index in [1.54, 1.807) is 48.9 Å². The molecule has 47 heavy (non-hydrogen) atoms. The number of benzene rings is 3. The number of imidazole rings is 1. The molecule has 3 aromatic carbocycles. The first-order chi connectivity index (χ1) is 22.7. The number of carbonyl (C=O) groups excluding carboxylic acids is 1. The zero-order chi connectivity index (χ0) is 33.0. The number of rotatable bonds is 9. The summed E-state index contributed by atoms with van der Waals surface area (Å²) < 4.78 is 32.1. The molecule has 1 amide bonds. The summed E-state index contributed by atoms with van der Waals surface area (Å²) in [5.74, 6) is -0.0287. The van der Waals surface area contributed by atoms with Crippen LogP contribution < -0.4 is 9.21 Å². The quantitative estimate of drug-likeness (QED) is 0.194. The predicted molar refractivity (Wildman–Crippen MR) is 181 cm³/mol. The number of hydrogen-bond donors (Lipinski definition) is 0. The third-order valence-corrected chi connectivity index (χ3v) is 11.0. The van der Waals surface area contributed by atoms with E-state index in [1.807, 2.05) is 39.8 Å². The topological polar surface area (TPSA) is 126 Å². The van der Waals surface area contributed by atoms with Crippen LogP contribution in [0.2, 0.25) is 4.34 Å². The van der Waals surface area contributed by atoms with E-state index in [-0.39, 0.29) is 17.3 Å². The molecule has 0 N–H and O–H groups in total. The Morgan fingerprint density at radius 3 is 2.11 bits per heavy atom. The highest BCUT2D eigenvalue weighted by Crippen LogP contribution is 2.30. The van der Waals surface area contributed by atoms with Gasteiger partial charge in [-0.1, -0.05) is 23.7 Å². The van der Waals surface area contributed by atoms with Gasteiger partial charge in [-0.25, -0.2) is 13.4 Å². The molecule has 3 heterocycles. The number of thiophene rings is 1. The molecule has 0 radical (unpaired) electrons. The van der Waals surface area contributed by atoms with E-state index in [4.69, 9.17) is 16.9 Å². The molecular formula is C34H28ClN7O3S2. The van der Waals surface area contributed by atoms with Crippen LogP contribution in [0.1, 0.15) is 32.1 Å². The molecule has 2 aromatic heterocycles. The third-order valence-electron chi connectivity index (χ3n) is 7.97. The van der Waals surface area contributed by atoms with Crippen LogP contribution in [0.5, 0.6) is 0 Å². The number of amides is 1. The van der Waals surface area contributed by atoms with Crippen LogP contribution in [0, 0.1) is 22.7 Å². The standard InChI is InChI=1S/C34H28ClN7O3S2/c35-33-14-13-32(46-33)34(43)40-17-15-39(16-18-40)28-7-9-29(10-8-28)42(47(44,45)31-11-5-26(20-37)6-12-31)23-30-21-38-24-41(30)22-27-3-1-25(19-36)2-4-27/h1-14,21,24H,15-18,22-23H2. The van der Waals surface area contributed by atoms with Gasteiger partial charge in [0.1, 0.15) is 0 Å². The van der Waals surface area contributed by atoms with Gasteiger partial charge < -0.3 is 14.4 Å². The Morgan fingerprint density at radius 1 is 0.872 bits per heavy atom. The summed E-state index contributed by atoms with van der Waals surface area (Å²) in [5.41, 5.74) is 3.91. The van der Waals surface area contributed by atoms with E-state index in [2.05, 4.69) is 16.0 Å². The maximum absolute atomic E-state index is 14.1. The Bertz CT molecular complexity index is 2070. The molecule has 1 fully saturated rings. The lowest BCUT2D eigenvalue weighted by atomic mass is 10.1. The first-order valence-corrected chi connectivity index (χ1v) is 17.3. The summed E-state index contributed by atoms with van der Waals surface area (Å²) in [6.45, 7) is 2.82. The van der Waals surface area contributed by atoms with Crippen molar-refractivity contribution >= 4 is 50.2 Å². The number of carbonyl (C=O) groups is 1. The molecule has 0 aliphatic carbocycles. The minimum Gasteiger partial charge on any atom is -0.368 e. The number of anilines is 2. The van der Waals surface area contributed by atoms with Crippen LogP contribution in [-0.2, 0) is 23.1 Å². The Hall–Kier alpha value is -5.14. The highest BCUT2D eigenvalue weighted by molar-refractivity contribution is 7.92. The second-order valence-corrected chi connectivity index (χ2v) is 14.4. The number of halogens is 1. The van der Waals surface area contributed by atoms with Crippen LogP contribution in [0.15, 0.2) is 102 Å². The summed E-state index contributed by atoms with van der Waals surface area (Å²) >= 11 is 7.29. The molecule has 1 aliphatic heterocycles. The van der Waals surface area contributed by atoms with Crippen molar-refractivity contribution < 1.29 is 13.2 Å². The van der Waals surface area contributed by atoms with E-state index >= 15 is 0 Å². The third kappa shape index (κ3) is 7.00. The highest BCUT2D eigenvalue weighted by atomic mass is 35.5. The molecule has 0 atom stereocenters. The van der Waals surface area contributed by atoms with Crippen molar-refractivity contribution in [2.75, 3.05) is 35.4 Å². The van der Waals surface area contributed by atoms with Gasteiger partial charge in [-0.15, -0.1) is 11.3 Å². The summed E-state index contributed by atoms with van der Waals surface area (Å²) in [6.07, 6.45) is 3.30. The van der Waals surface area contributed by atoms with Gasteiger partial charge in [0.05, 0.1) is 61.6 Å². The zero-order valence-corrected chi connectivity index (χ0v) is 27.4. The molecule has 13 heteroatoms. The fourth-order valence-corrected chi connectivity index (χ4v) is 7.82. The van der Waals surface area contributed by atoms with Crippen molar-refractivity contribution in [3.8, 4) is 12.1 Å². The second-order valence-electron chi connectivity index (χ2n) is 10.9. The minimum atomic E-state index is -4.05. The number of piperazine rings is 1. The molecule has 5 aromatic rings. The summed E-state index contributed by atoms with van der Waals surface area (Å²) in [4.78, 5) is 21.8. The van der Waals surface area contributed by atoms with Gasteiger partial charge in [-0.05, 0) is 78.4 Å². The van der Waals surface area contributed by atoms with Crippen LogP contribution in [-0.4, -0.2) is 55.0 Å². The van der Waals surface area contributed by atoms with Gasteiger partial charge in [0.25, 0.3) is 15.9 Å². The average Bonchev–Trinajstić information content (AvgIpc) is 3.75. The predicted octanol–water partition coefficient (Wildman–Crippen LogP) is 5.75. The zero-order valence-electron chi connectivity index (χ0n) is 25.0. The van der Waals surface area contributed by atoms with Crippen LogP contribution >= 0.6 is 22.9 Å². The number of hydrogen-bond acceptors (Lipinski definition) is 8. The van der Waals surface area contributed by atoms with E-state index in [0.717, 1.165) is 11.3 Å². The maximum Gasteiger partial charge on any atom is 0.264 e. The van der Waals surface area contributed by atoms with Crippen molar-refractivity contribution in [2.24, 2.45) is 0 Å². The molecule has 1 aliphatic rings. The summed E-state index contributed by atoms with van der Waals surface area (Å²) in [6, 6.07) is 28.0. The highest BCUT2D eigenvalue weighted by Gasteiger charge is 2.28. The number of aromatic nitrogens is 2. The Labute approximate surface area is 282 Å². The lowest BCUT2D eigenvalue weighted by molar-refractivity contribution is 0.0751. The van der Waals surface area contributed by atoms with Crippen molar-refractivity contribution in [3.05, 3.63) is 129 Å². The van der Waals surface area contributed by atoms with Gasteiger partial charge in [0.2, 0.25) is 0 Å². The second kappa shape index (κ2) is 13.7. The smallest absolute Gasteiger partial charge is 0.264 e. The number of sulfonamides is 1. The van der Waals surface area contributed by atoms with Gasteiger partial charge >= 0.3 is 0 Å². The molecule has 0 spiro atoms. The van der Waals surface area contributed by atoms with Crippen molar-refractivity contribution in [1.29, 1.82) is 10.5 Å². The monoisotopic (exact) mass is 681 g/mol. The van der Waals surface area contributed by atoms with Crippen molar-refractivity contribution in [3.63, 3.8) is 0 Å². The van der Waals surface area contributed by atoms with Gasteiger partial charge in [-0.3, -0.25) is 9.10 Å². The molecule has 0 unspecified atom stereocenters. The summed E-state index contributed by atoms with van der Waals surface area (Å²) in [7, 11) is -4.05. The molecule has 1 saturated heterocycles. The molecule has 6 rings (SSSR count). The first kappa shape index (κ1) is 31.8. The van der Waals surface area contributed by atoms with Gasteiger partial charge in [0, 0.05) is 44.6 Å². The average molecular weight is 682 g/mol. The SMILES string of the molecule is N#Cc1ccc(Cn2cncc2CN(c2ccc(N3CCN(C(=O)c4ccc(Cl)s4)CC3)cc2)S(=O)(=O)c2ccc(C#N)cc2)cc1. The lowest BCUT2D eigenvalue weighted by Gasteiger charge is -2.36. The van der Waals surface area contributed by atoms with Gasteiger partial charge in [0.15, 0.2) is 0 Å². The van der Waals surface area contributed by atoms with Gasteiger partial charge in [-0.2, -0.15) is 10.5 Å². The van der Waals surface area contributed by atoms with Crippen molar-refractivity contribution in [2.45, 2.75) is 18.0 Å². The fourth-order valence-electron chi connectivity index (χ4n) is 5.38. The van der Waals surface area contributed by atoms with E-state index < -0.39 is 10.0 Å². The molecule has 10 nitrogen and oxygen atoms in total. The molecular weight excluding hydrogens is 654 g/mol. The minimum absolute atomic E-state index is 0.00544. The summed E-state index contributed by atoms with van der Waals surface area (Å²) in [5, 5.41) is 18.4.